The minimum atomic E-state index is 0.876. The molecular weight excluding hydrogens is 242 g/mol. The Labute approximate surface area is 121 Å². The van der Waals surface area contributed by atoms with Gasteiger partial charge in [0.1, 0.15) is 0 Å². The van der Waals surface area contributed by atoms with E-state index in [0.717, 1.165) is 17.8 Å². The minimum Gasteiger partial charge on any atom is -0.258 e. The van der Waals surface area contributed by atoms with Gasteiger partial charge in [-0.05, 0) is 31.9 Å². The minimum absolute atomic E-state index is 0.876. The van der Waals surface area contributed by atoms with Gasteiger partial charge >= 0.3 is 0 Å². The lowest BCUT2D eigenvalue weighted by molar-refractivity contribution is 1.09. The maximum atomic E-state index is 4.76. The number of aliphatic imine (C=N–C) groups is 1. The predicted molar refractivity (Wildman–Crippen MR) is 87.3 cm³/mol. The van der Waals surface area contributed by atoms with Crippen LogP contribution in [0.2, 0.25) is 0 Å². The molecule has 0 N–H and O–H groups in total. The maximum Gasteiger partial charge on any atom is 0.0448 e. The molecule has 1 nitrogen and oxygen atoms in total. The van der Waals surface area contributed by atoms with Crippen LogP contribution in [0.4, 0.5) is 0 Å². The fourth-order valence-corrected chi connectivity index (χ4v) is 2.08. The Bertz CT molecular complexity index is 604. The highest BCUT2D eigenvalue weighted by Gasteiger charge is 2.00. The van der Waals surface area contributed by atoms with Crippen molar-refractivity contribution < 1.29 is 0 Å². The highest BCUT2D eigenvalue weighted by atomic mass is 14.8. The summed E-state index contributed by atoms with van der Waals surface area (Å²) in [7, 11) is 0. The third-order valence-corrected chi connectivity index (χ3v) is 3.34. The Kier molecular flexibility index (Phi) is 4.89. The summed E-state index contributed by atoms with van der Waals surface area (Å²) in [6.45, 7) is 6.22. The van der Waals surface area contributed by atoms with Crippen LogP contribution >= 0.6 is 0 Å². The fraction of sp³-hybridized carbons (Fsp3) is 0.211. The first-order valence-electron chi connectivity index (χ1n) is 7.00. The van der Waals surface area contributed by atoms with Crippen molar-refractivity contribution in [2.45, 2.75) is 27.2 Å². The van der Waals surface area contributed by atoms with E-state index in [0.29, 0.717) is 0 Å². The molecule has 102 valence electrons. The average molecular weight is 263 g/mol. The van der Waals surface area contributed by atoms with Crippen molar-refractivity contribution in [3.8, 4) is 0 Å². The molecule has 0 heterocycles. The summed E-state index contributed by atoms with van der Waals surface area (Å²) in [5.74, 6) is 0. The highest BCUT2D eigenvalue weighted by molar-refractivity contribution is 5.99. The van der Waals surface area contributed by atoms with Gasteiger partial charge in [0.2, 0.25) is 0 Å². The van der Waals surface area contributed by atoms with Crippen molar-refractivity contribution >= 4 is 5.71 Å². The largest absolute Gasteiger partial charge is 0.258 e. The van der Waals surface area contributed by atoms with Crippen LogP contribution in [-0.2, 0) is 6.42 Å². The second-order valence-corrected chi connectivity index (χ2v) is 5.01. The van der Waals surface area contributed by atoms with Crippen LogP contribution in [0.5, 0.6) is 0 Å². The van der Waals surface area contributed by atoms with Gasteiger partial charge in [-0.25, -0.2) is 0 Å². The van der Waals surface area contributed by atoms with Crippen molar-refractivity contribution in [2.75, 3.05) is 0 Å². The number of benzene rings is 2. The monoisotopic (exact) mass is 263 g/mol. The van der Waals surface area contributed by atoms with Gasteiger partial charge in [0, 0.05) is 17.8 Å². The van der Waals surface area contributed by atoms with E-state index in [1.807, 2.05) is 25.1 Å². The molecule has 0 aromatic heterocycles. The van der Waals surface area contributed by atoms with Gasteiger partial charge in [-0.3, -0.25) is 4.99 Å². The molecule has 1 heteroatoms. The summed E-state index contributed by atoms with van der Waals surface area (Å²) in [6.07, 6.45) is 2.97. The average Bonchev–Trinajstić information content (AvgIpc) is 2.49. The van der Waals surface area contributed by atoms with E-state index in [4.69, 9.17) is 4.99 Å². The van der Waals surface area contributed by atoms with E-state index < -0.39 is 0 Å². The van der Waals surface area contributed by atoms with Crippen LogP contribution in [0.25, 0.3) is 0 Å². The number of hydrogen-bond donors (Lipinski definition) is 0. The Morgan fingerprint density at radius 2 is 1.65 bits per heavy atom. The van der Waals surface area contributed by atoms with E-state index >= 15 is 0 Å². The molecule has 0 atom stereocenters. The smallest absolute Gasteiger partial charge is 0.0448 e. The molecule has 0 unspecified atom stereocenters. The molecule has 0 bridgehead atoms. The topological polar surface area (TPSA) is 12.4 Å². The second-order valence-electron chi connectivity index (χ2n) is 5.01. The summed E-state index contributed by atoms with van der Waals surface area (Å²) in [6, 6.07) is 19.0. The van der Waals surface area contributed by atoms with Crippen LogP contribution in [0.15, 0.2) is 71.4 Å². The molecule has 0 aliphatic heterocycles. The SMILES string of the molecule is C/C=C(/Cc1ccc(C)cc1)N=C(C)c1ccccc1. The van der Waals surface area contributed by atoms with Crippen LogP contribution in [-0.4, -0.2) is 5.71 Å². The lowest BCUT2D eigenvalue weighted by Gasteiger charge is -2.06. The zero-order valence-corrected chi connectivity index (χ0v) is 12.4. The first-order valence-corrected chi connectivity index (χ1v) is 7.00. The summed E-state index contributed by atoms with van der Waals surface area (Å²) in [4.78, 5) is 4.76. The maximum absolute atomic E-state index is 4.76. The van der Waals surface area contributed by atoms with Gasteiger partial charge in [0.05, 0.1) is 0 Å². The fourth-order valence-electron chi connectivity index (χ4n) is 2.08. The predicted octanol–water partition coefficient (Wildman–Crippen LogP) is 4.95. The molecular formula is C19H21N. The molecule has 0 radical (unpaired) electrons. The van der Waals surface area contributed by atoms with Gasteiger partial charge in [-0.1, -0.05) is 66.2 Å². The van der Waals surface area contributed by atoms with E-state index in [-0.39, 0.29) is 0 Å². The molecule has 0 aliphatic rings. The van der Waals surface area contributed by atoms with Crippen LogP contribution in [0.3, 0.4) is 0 Å². The number of hydrogen-bond acceptors (Lipinski definition) is 1. The Morgan fingerprint density at radius 1 is 1.00 bits per heavy atom. The normalized spacial score (nSPS) is 12.6. The molecule has 2 aromatic carbocycles. The molecule has 2 rings (SSSR count). The number of nitrogens with zero attached hydrogens (tertiary/aromatic N) is 1. The molecule has 0 saturated carbocycles. The van der Waals surface area contributed by atoms with Gasteiger partial charge in [0.25, 0.3) is 0 Å². The van der Waals surface area contributed by atoms with Gasteiger partial charge in [-0.15, -0.1) is 0 Å². The third-order valence-electron chi connectivity index (χ3n) is 3.34. The second kappa shape index (κ2) is 6.85. The number of rotatable bonds is 4. The van der Waals surface area contributed by atoms with Gasteiger partial charge < -0.3 is 0 Å². The molecule has 0 aliphatic carbocycles. The van der Waals surface area contributed by atoms with Gasteiger partial charge in [-0.2, -0.15) is 0 Å². The lowest BCUT2D eigenvalue weighted by atomic mass is 10.1. The summed E-state index contributed by atoms with van der Waals surface area (Å²) in [5.41, 5.74) is 5.94. The van der Waals surface area contributed by atoms with Crippen molar-refractivity contribution in [1.29, 1.82) is 0 Å². The first kappa shape index (κ1) is 14.3. The van der Waals surface area contributed by atoms with Crippen LogP contribution in [0.1, 0.15) is 30.5 Å². The quantitative estimate of drug-likeness (QED) is 0.692. The van der Waals surface area contributed by atoms with Crippen LogP contribution in [0, 0.1) is 6.92 Å². The van der Waals surface area contributed by atoms with E-state index in [1.165, 1.54) is 16.7 Å². The van der Waals surface area contributed by atoms with Crippen LogP contribution < -0.4 is 0 Å². The number of aryl methyl sites for hydroxylation is 1. The molecule has 2 aromatic rings. The Hall–Kier alpha value is -2.15. The van der Waals surface area contributed by atoms with E-state index in [9.17, 15) is 0 Å². The number of allylic oxidation sites excluding steroid dienone is 2. The zero-order chi connectivity index (χ0) is 14.4. The first-order chi connectivity index (χ1) is 9.69. The lowest BCUT2D eigenvalue weighted by Crippen LogP contribution is -1.97. The van der Waals surface area contributed by atoms with E-state index in [1.54, 1.807) is 0 Å². The molecule has 20 heavy (non-hydrogen) atoms. The Morgan fingerprint density at radius 3 is 2.25 bits per heavy atom. The molecule has 0 fully saturated rings. The summed E-state index contributed by atoms with van der Waals surface area (Å²) in [5, 5.41) is 0. The zero-order valence-electron chi connectivity index (χ0n) is 12.4. The summed E-state index contributed by atoms with van der Waals surface area (Å²) < 4.78 is 0. The van der Waals surface area contributed by atoms with Gasteiger partial charge in [0.15, 0.2) is 0 Å². The van der Waals surface area contributed by atoms with Crippen molar-refractivity contribution in [3.63, 3.8) is 0 Å². The van der Waals surface area contributed by atoms with E-state index in [2.05, 4.69) is 56.3 Å². The molecule has 0 saturated heterocycles. The molecule has 0 spiro atoms. The van der Waals surface area contributed by atoms with Crippen molar-refractivity contribution in [1.82, 2.24) is 0 Å². The highest BCUT2D eigenvalue weighted by Crippen LogP contribution is 2.12. The van der Waals surface area contributed by atoms with Crippen molar-refractivity contribution in [2.24, 2.45) is 4.99 Å². The third kappa shape index (κ3) is 3.92. The van der Waals surface area contributed by atoms with Crippen molar-refractivity contribution in [3.05, 3.63) is 83.1 Å². The standard InChI is InChI=1S/C19H21N/c1-4-19(14-17-12-10-15(2)11-13-17)20-16(3)18-8-6-5-7-9-18/h4-13H,14H2,1-3H3/b19-4-,20-16?. The Balaban J connectivity index is 2.15. The summed E-state index contributed by atoms with van der Waals surface area (Å²) >= 11 is 0. The molecule has 0 amide bonds.